The maximum atomic E-state index is 5.51. The fourth-order valence-electron chi connectivity index (χ4n) is 0.806. The molecule has 0 saturated carbocycles. The van der Waals surface area contributed by atoms with Crippen molar-refractivity contribution in [2.75, 3.05) is 13.0 Å². The zero-order valence-corrected chi connectivity index (χ0v) is 8.71. The SMILES string of the molecule is COc1ncc(C#CCCCCl)cn1. The molecule has 1 heterocycles. The van der Waals surface area contributed by atoms with E-state index in [1.165, 1.54) is 7.11 Å². The quantitative estimate of drug-likeness (QED) is 0.434. The van der Waals surface area contributed by atoms with Crippen molar-refractivity contribution in [2.45, 2.75) is 12.8 Å². The highest BCUT2D eigenvalue weighted by atomic mass is 35.5. The highest BCUT2D eigenvalue weighted by molar-refractivity contribution is 6.17. The van der Waals surface area contributed by atoms with Crippen LogP contribution in [0.2, 0.25) is 0 Å². The lowest BCUT2D eigenvalue weighted by Gasteiger charge is -1.94. The monoisotopic (exact) mass is 210 g/mol. The molecule has 74 valence electrons. The molecule has 14 heavy (non-hydrogen) atoms. The summed E-state index contributed by atoms with van der Waals surface area (Å²) in [4.78, 5) is 7.87. The van der Waals surface area contributed by atoms with Crippen molar-refractivity contribution in [1.82, 2.24) is 9.97 Å². The molecular weight excluding hydrogens is 200 g/mol. The molecule has 3 nitrogen and oxygen atoms in total. The Hall–Kier alpha value is -1.27. The first-order chi connectivity index (χ1) is 6.86. The minimum absolute atomic E-state index is 0.358. The number of unbranched alkanes of at least 4 members (excludes halogenated alkanes) is 1. The molecular formula is C10H11ClN2O. The van der Waals surface area contributed by atoms with Gasteiger partial charge in [-0.3, -0.25) is 0 Å². The summed E-state index contributed by atoms with van der Waals surface area (Å²) in [5.74, 6) is 6.57. The highest BCUT2D eigenvalue weighted by Crippen LogP contribution is 2.00. The second-order valence-electron chi connectivity index (χ2n) is 2.55. The molecule has 4 heteroatoms. The van der Waals surface area contributed by atoms with Gasteiger partial charge in [0.1, 0.15) is 0 Å². The largest absolute Gasteiger partial charge is 0.467 e. The van der Waals surface area contributed by atoms with Gasteiger partial charge in [0.2, 0.25) is 0 Å². The predicted molar refractivity (Wildman–Crippen MR) is 55.4 cm³/mol. The van der Waals surface area contributed by atoms with E-state index < -0.39 is 0 Å². The lowest BCUT2D eigenvalue weighted by atomic mass is 10.3. The zero-order valence-electron chi connectivity index (χ0n) is 7.96. The van der Waals surface area contributed by atoms with Gasteiger partial charge in [0.05, 0.1) is 12.7 Å². The van der Waals surface area contributed by atoms with Crippen LogP contribution in [0.25, 0.3) is 0 Å². The van der Waals surface area contributed by atoms with Gasteiger partial charge in [-0.2, -0.15) is 0 Å². The molecule has 0 saturated heterocycles. The van der Waals surface area contributed by atoms with Gasteiger partial charge in [0.25, 0.3) is 0 Å². The number of hydrogen-bond donors (Lipinski definition) is 0. The van der Waals surface area contributed by atoms with Crippen LogP contribution in [0.15, 0.2) is 12.4 Å². The fourth-order valence-corrected chi connectivity index (χ4v) is 0.940. The van der Waals surface area contributed by atoms with Crippen LogP contribution < -0.4 is 4.74 Å². The number of nitrogens with zero attached hydrogens (tertiary/aromatic N) is 2. The summed E-state index contributed by atoms with van der Waals surface area (Å²) in [6.45, 7) is 0. The van der Waals surface area contributed by atoms with E-state index in [0.717, 1.165) is 18.4 Å². The molecule has 1 aromatic heterocycles. The summed E-state index contributed by atoms with van der Waals surface area (Å²) in [7, 11) is 1.53. The van der Waals surface area contributed by atoms with Gasteiger partial charge in [-0.05, 0) is 6.42 Å². The summed E-state index contributed by atoms with van der Waals surface area (Å²) in [6.07, 6.45) is 4.99. The van der Waals surface area contributed by atoms with Crippen LogP contribution in [0.1, 0.15) is 18.4 Å². The van der Waals surface area contributed by atoms with Gasteiger partial charge in [-0.15, -0.1) is 11.6 Å². The van der Waals surface area contributed by atoms with Crippen LogP contribution in [0.3, 0.4) is 0 Å². The van der Waals surface area contributed by atoms with Crippen molar-refractivity contribution in [1.29, 1.82) is 0 Å². The number of ether oxygens (including phenoxy) is 1. The lowest BCUT2D eigenvalue weighted by Crippen LogP contribution is -1.91. The molecule has 0 fully saturated rings. The zero-order chi connectivity index (χ0) is 10.2. The van der Waals surface area contributed by atoms with Crippen LogP contribution in [-0.4, -0.2) is 23.0 Å². The second-order valence-corrected chi connectivity index (χ2v) is 2.93. The average molecular weight is 211 g/mol. The van der Waals surface area contributed by atoms with Crippen LogP contribution in [0.5, 0.6) is 6.01 Å². The fraction of sp³-hybridized carbons (Fsp3) is 0.400. The first-order valence-corrected chi connectivity index (χ1v) is 4.81. The Morgan fingerprint density at radius 3 is 2.71 bits per heavy atom. The van der Waals surface area contributed by atoms with Crippen molar-refractivity contribution < 1.29 is 4.74 Å². The standard InChI is InChI=1S/C10H11ClN2O/c1-14-10-12-7-9(8-13-10)5-3-2-4-6-11/h7-8H,2,4,6H2,1H3. The number of alkyl halides is 1. The van der Waals surface area contributed by atoms with Gasteiger partial charge in [0, 0.05) is 24.7 Å². The van der Waals surface area contributed by atoms with E-state index in [-0.39, 0.29) is 0 Å². The lowest BCUT2D eigenvalue weighted by molar-refractivity contribution is 0.379. The van der Waals surface area contributed by atoms with E-state index in [2.05, 4.69) is 21.8 Å². The number of methoxy groups -OCH3 is 1. The number of aromatic nitrogens is 2. The molecule has 0 unspecified atom stereocenters. The molecule has 0 bridgehead atoms. The molecule has 0 atom stereocenters. The normalized spacial score (nSPS) is 9.00. The van der Waals surface area contributed by atoms with Crippen molar-refractivity contribution in [2.24, 2.45) is 0 Å². The summed E-state index contributed by atoms with van der Waals surface area (Å²) >= 11 is 5.51. The van der Waals surface area contributed by atoms with Gasteiger partial charge in [-0.25, -0.2) is 9.97 Å². The third-order valence-electron chi connectivity index (χ3n) is 1.48. The Kier molecular flexibility index (Phi) is 4.81. The Labute approximate surface area is 88.5 Å². The van der Waals surface area contributed by atoms with E-state index in [1.54, 1.807) is 12.4 Å². The summed E-state index contributed by atoms with van der Waals surface area (Å²) in [6, 6.07) is 0.358. The molecule has 0 amide bonds. The molecule has 0 aliphatic rings. The average Bonchev–Trinajstić information content (AvgIpc) is 2.25. The number of halogens is 1. The Morgan fingerprint density at radius 1 is 1.43 bits per heavy atom. The van der Waals surface area contributed by atoms with Gasteiger partial charge in [0.15, 0.2) is 0 Å². The first kappa shape index (κ1) is 10.8. The van der Waals surface area contributed by atoms with Crippen LogP contribution >= 0.6 is 11.6 Å². The summed E-state index contributed by atoms with van der Waals surface area (Å²) < 4.78 is 4.82. The third-order valence-corrected chi connectivity index (χ3v) is 1.75. The molecule has 0 spiro atoms. The third kappa shape index (κ3) is 3.63. The molecule has 0 N–H and O–H groups in total. The van der Waals surface area contributed by atoms with Crippen LogP contribution in [-0.2, 0) is 0 Å². The van der Waals surface area contributed by atoms with Gasteiger partial charge >= 0.3 is 6.01 Å². The van der Waals surface area contributed by atoms with Crippen molar-refractivity contribution in [3.63, 3.8) is 0 Å². The van der Waals surface area contributed by atoms with E-state index in [4.69, 9.17) is 16.3 Å². The van der Waals surface area contributed by atoms with Gasteiger partial charge < -0.3 is 4.74 Å². The smallest absolute Gasteiger partial charge is 0.316 e. The van der Waals surface area contributed by atoms with Crippen LogP contribution in [0.4, 0.5) is 0 Å². The minimum atomic E-state index is 0.358. The number of hydrogen-bond acceptors (Lipinski definition) is 3. The molecule has 1 aromatic rings. The maximum absolute atomic E-state index is 5.51. The topological polar surface area (TPSA) is 35.0 Å². The first-order valence-electron chi connectivity index (χ1n) is 4.27. The van der Waals surface area contributed by atoms with E-state index >= 15 is 0 Å². The summed E-state index contributed by atoms with van der Waals surface area (Å²) in [5.41, 5.74) is 0.792. The van der Waals surface area contributed by atoms with Crippen molar-refractivity contribution in [3.05, 3.63) is 18.0 Å². The molecule has 1 rings (SSSR count). The van der Waals surface area contributed by atoms with E-state index in [0.29, 0.717) is 11.9 Å². The Balaban J connectivity index is 2.53. The second kappa shape index (κ2) is 6.22. The highest BCUT2D eigenvalue weighted by Gasteiger charge is 1.92. The number of rotatable bonds is 3. The van der Waals surface area contributed by atoms with Crippen molar-refractivity contribution >= 4 is 11.6 Å². The van der Waals surface area contributed by atoms with Gasteiger partial charge in [-0.1, -0.05) is 11.8 Å². The molecule has 0 aliphatic carbocycles. The van der Waals surface area contributed by atoms with Crippen molar-refractivity contribution in [3.8, 4) is 17.9 Å². The molecule has 0 radical (unpaired) electrons. The Bertz CT molecular complexity index is 326. The Morgan fingerprint density at radius 2 is 2.14 bits per heavy atom. The van der Waals surface area contributed by atoms with E-state index in [9.17, 15) is 0 Å². The maximum Gasteiger partial charge on any atom is 0.316 e. The van der Waals surface area contributed by atoms with Crippen LogP contribution in [0, 0.1) is 11.8 Å². The minimum Gasteiger partial charge on any atom is -0.467 e. The predicted octanol–water partition coefficient (Wildman–Crippen LogP) is 1.86. The molecule has 0 aliphatic heterocycles. The van der Waals surface area contributed by atoms with E-state index in [1.807, 2.05) is 0 Å². The summed E-state index contributed by atoms with van der Waals surface area (Å²) in [5, 5.41) is 0. The molecule has 0 aromatic carbocycles.